The second kappa shape index (κ2) is 4.33. The van der Waals surface area contributed by atoms with Gasteiger partial charge in [0.25, 0.3) is 0 Å². The van der Waals surface area contributed by atoms with Gasteiger partial charge in [-0.1, -0.05) is 35.9 Å². The zero-order chi connectivity index (χ0) is 13.8. The highest BCUT2D eigenvalue weighted by Crippen LogP contribution is 2.57. The number of ether oxygens (including phenoxy) is 2. The lowest BCUT2D eigenvalue weighted by molar-refractivity contribution is -0.183. The number of halogens is 1. The van der Waals surface area contributed by atoms with Crippen molar-refractivity contribution in [2.24, 2.45) is 0 Å². The summed E-state index contributed by atoms with van der Waals surface area (Å²) in [5.74, 6) is -0.310. The van der Waals surface area contributed by atoms with E-state index in [1.54, 1.807) is 0 Å². The first-order valence-corrected chi connectivity index (χ1v) is 7.79. The molecule has 1 saturated carbocycles. The van der Waals surface area contributed by atoms with Gasteiger partial charge in [-0.3, -0.25) is 0 Å². The van der Waals surface area contributed by atoms with Crippen LogP contribution in [0.5, 0.6) is 0 Å². The van der Waals surface area contributed by atoms with Crippen LogP contribution in [0.3, 0.4) is 0 Å². The van der Waals surface area contributed by atoms with E-state index in [0.717, 1.165) is 43.9 Å². The molecule has 0 N–H and O–H groups in total. The molecule has 3 aliphatic rings. The number of fused-ring (bicyclic) bond motifs is 2. The summed E-state index contributed by atoms with van der Waals surface area (Å²) in [6.45, 7) is 3.66. The Morgan fingerprint density at radius 2 is 1.65 bits per heavy atom. The molecule has 0 aromatic heterocycles. The zero-order valence-corrected chi connectivity index (χ0v) is 12.5. The third kappa shape index (κ3) is 1.59. The molecule has 2 fully saturated rings. The van der Waals surface area contributed by atoms with E-state index in [9.17, 15) is 0 Å². The average Bonchev–Trinajstić information content (AvgIpc) is 3.02. The maximum absolute atomic E-state index is 6.58. The van der Waals surface area contributed by atoms with Crippen LogP contribution < -0.4 is 0 Å². The van der Waals surface area contributed by atoms with Gasteiger partial charge in [0.2, 0.25) is 0 Å². The molecule has 0 amide bonds. The normalized spacial score (nSPS) is 26.5. The molecule has 2 nitrogen and oxygen atoms in total. The molecular formula is C17H19ClO2. The summed E-state index contributed by atoms with van der Waals surface area (Å²) in [6, 6.07) is 8.57. The van der Waals surface area contributed by atoms with Crippen molar-refractivity contribution in [2.75, 3.05) is 13.2 Å². The van der Waals surface area contributed by atoms with Crippen molar-refractivity contribution in [3.63, 3.8) is 0 Å². The minimum Gasteiger partial charge on any atom is -0.348 e. The molecule has 0 unspecified atom stereocenters. The molecule has 1 aliphatic heterocycles. The van der Waals surface area contributed by atoms with E-state index in [1.807, 2.05) is 0 Å². The Labute approximate surface area is 124 Å². The molecule has 2 spiro atoms. The number of benzene rings is 1. The van der Waals surface area contributed by atoms with Crippen LogP contribution in [0.25, 0.3) is 5.03 Å². The van der Waals surface area contributed by atoms with Gasteiger partial charge in [0.1, 0.15) is 0 Å². The van der Waals surface area contributed by atoms with Crippen molar-refractivity contribution in [1.82, 2.24) is 0 Å². The second-order valence-electron chi connectivity index (χ2n) is 6.17. The maximum atomic E-state index is 6.58. The van der Waals surface area contributed by atoms with Crippen LogP contribution in [0.2, 0.25) is 0 Å². The third-order valence-electron chi connectivity index (χ3n) is 5.41. The minimum atomic E-state index is -0.310. The molecule has 3 heteroatoms. The van der Waals surface area contributed by atoms with E-state index >= 15 is 0 Å². The van der Waals surface area contributed by atoms with E-state index in [-0.39, 0.29) is 11.2 Å². The van der Waals surface area contributed by atoms with Crippen molar-refractivity contribution in [1.29, 1.82) is 0 Å². The van der Waals surface area contributed by atoms with E-state index < -0.39 is 0 Å². The molecule has 106 valence electrons. The molecule has 1 heterocycles. The van der Waals surface area contributed by atoms with E-state index in [1.165, 1.54) is 16.7 Å². The predicted octanol–water partition coefficient (Wildman–Crippen LogP) is 4.22. The summed E-state index contributed by atoms with van der Waals surface area (Å²) < 4.78 is 11.7. The lowest BCUT2D eigenvalue weighted by Crippen LogP contribution is -2.42. The van der Waals surface area contributed by atoms with Crippen molar-refractivity contribution < 1.29 is 9.47 Å². The fourth-order valence-electron chi connectivity index (χ4n) is 4.19. The summed E-state index contributed by atoms with van der Waals surface area (Å²) in [5.41, 5.74) is 4.05. The van der Waals surface area contributed by atoms with E-state index in [2.05, 4.69) is 31.2 Å². The Morgan fingerprint density at radius 3 is 2.35 bits per heavy atom. The first-order valence-electron chi connectivity index (χ1n) is 7.42. The number of allylic oxidation sites excluding steroid dienone is 1. The lowest BCUT2D eigenvalue weighted by atomic mass is 9.66. The minimum absolute atomic E-state index is 0.105. The summed E-state index contributed by atoms with van der Waals surface area (Å²) in [4.78, 5) is 0. The Hall–Kier alpha value is -0.830. The molecule has 2 aliphatic carbocycles. The SMILES string of the molecule is CC1=C(Cl)c2ccccc2C12CCC1(CC2)OCCO1. The molecule has 4 rings (SSSR count). The van der Waals surface area contributed by atoms with Gasteiger partial charge >= 0.3 is 0 Å². The van der Waals surface area contributed by atoms with Crippen LogP contribution in [0, 0.1) is 0 Å². The van der Waals surface area contributed by atoms with E-state index in [0.29, 0.717) is 0 Å². The second-order valence-corrected chi connectivity index (χ2v) is 6.55. The van der Waals surface area contributed by atoms with E-state index in [4.69, 9.17) is 21.1 Å². The maximum Gasteiger partial charge on any atom is 0.168 e. The monoisotopic (exact) mass is 290 g/mol. The van der Waals surface area contributed by atoms with Crippen LogP contribution in [-0.2, 0) is 14.9 Å². The van der Waals surface area contributed by atoms with Gasteiger partial charge in [0.05, 0.1) is 13.2 Å². The summed E-state index contributed by atoms with van der Waals surface area (Å²) in [7, 11) is 0. The van der Waals surface area contributed by atoms with Crippen LogP contribution >= 0.6 is 11.6 Å². The smallest absolute Gasteiger partial charge is 0.168 e. The molecule has 0 radical (unpaired) electrons. The lowest BCUT2D eigenvalue weighted by Gasteiger charge is -2.43. The highest BCUT2D eigenvalue weighted by molar-refractivity contribution is 6.50. The highest BCUT2D eigenvalue weighted by Gasteiger charge is 2.50. The third-order valence-corrected chi connectivity index (χ3v) is 5.89. The van der Waals surface area contributed by atoms with Crippen molar-refractivity contribution in [3.05, 3.63) is 41.0 Å². The van der Waals surface area contributed by atoms with Gasteiger partial charge in [0, 0.05) is 23.3 Å². The molecule has 1 aromatic rings. The molecule has 1 saturated heterocycles. The Balaban J connectivity index is 1.72. The van der Waals surface area contributed by atoms with Gasteiger partial charge in [-0.15, -0.1) is 0 Å². The predicted molar refractivity (Wildman–Crippen MR) is 79.7 cm³/mol. The Bertz CT molecular complexity index is 574. The van der Waals surface area contributed by atoms with Crippen LogP contribution in [-0.4, -0.2) is 19.0 Å². The Kier molecular flexibility index (Phi) is 2.79. The van der Waals surface area contributed by atoms with Crippen LogP contribution in [0.15, 0.2) is 29.8 Å². The summed E-state index contributed by atoms with van der Waals surface area (Å²) in [6.07, 6.45) is 4.05. The summed E-state index contributed by atoms with van der Waals surface area (Å²) >= 11 is 6.58. The first-order chi connectivity index (χ1) is 9.67. The zero-order valence-electron chi connectivity index (χ0n) is 11.7. The van der Waals surface area contributed by atoms with Crippen molar-refractivity contribution in [3.8, 4) is 0 Å². The van der Waals surface area contributed by atoms with Gasteiger partial charge in [-0.25, -0.2) is 0 Å². The topological polar surface area (TPSA) is 18.5 Å². The largest absolute Gasteiger partial charge is 0.348 e. The van der Waals surface area contributed by atoms with Crippen LogP contribution in [0.4, 0.5) is 0 Å². The quantitative estimate of drug-likeness (QED) is 0.712. The van der Waals surface area contributed by atoms with Crippen molar-refractivity contribution >= 4 is 16.6 Å². The molecular weight excluding hydrogens is 272 g/mol. The van der Waals surface area contributed by atoms with Crippen molar-refractivity contribution in [2.45, 2.75) is 43.8 Å². The molecule has 0 bridgehead atoms. The number of hydrogen-bond acceptors (Lipinski definition) is 2. The first kappa shape index (κ1) is 12.9. The van der Waals surface area contributed by atoms with Gasteiger partial charge in [-0.2, -0.15) is 0 Å². The van der Waals surface area contributed by atoms with Gasteiger partial charge in [-0.05, 0) is 36.5 Å². The number of hydrogen-bond donors (Lipinski definition) is 0. The van der Waals surface area contributed by atoms with Gasteiger partial charge in [0.15, 0.2) is 5.79 Å². The fourth-order valence-corrected chi connectivity index (χ4v) is 4.54. The fraction of sp³-hybridized carbons (Fsp3) is 0.529. The van der Waals surface area contributed by atoms with Crippen LogP contribution in [0.1, 0.15) is 43.7 Å². The standard InChI is InChI=1S/C17H19ClO2/c1-12-15(18)13-4-2-3-5-14(13)16(12)6-8-17(9-7-16)19-10-11-20-17/h2-5H,6-11H2,1H3. The van der Waals surface area contributed by atoms with Gasteiger partial charge < -0.3 is 9.47 Å². The molecule has 1 aromatic carbocycles. The summed E-state index contributed by atoms with van der Waals surface area (Å²) in [5, 5.41) is 0.949. The highest BCUT2D eigenvalue weighted by atomic mass is 35.5. The molecule has 0 atom stereocenters. The average molecular weight is 291 g/mol. The molecule has 20 heavy (non-hydrogen) atoms. The number of rotatable bonds is 0. The Morgan fingerprint density at radius 1 is 1.00 bits per heavy atom.